The number of hydrogen-bond acceptors (Lipinski definition) is 4. The molecule has 1 aromatic carbocycles. The standard InChI is InChI=1S/C20H26N4O2S/c1-14-6-5-7-15(12-14)22-19(26)24-10-8-23(9-11-24)17(25)16-13-21-18(27-16)20(2,3)4/h5-7,12-13H,8-11H2,1-4H3,(H,22,26). The van der Waals surface area contributed by atoms with Crippen LogP contribution >= 0.6 is 11.3 Å². The molecule has 2 heterocycles. The van der Waals surface area contributed by atoms with Crippen LogP contribution < -0.4 is 5.32 Å². The Labute approximate surface area is 164 Å². The van der Waals surface area contributed by atoms with E-state index in [9.17, 15) is 9.59 Å². The quantitative estimate of drug-likeness (QED) is 0.855. The minimum atomic E-state index is -0.125. The summed E-state index contributed by atoms with van der Waals surface area (Å²) >= 11 is 1.46. The first kappa shape index (κ1) is 19.4. The van der Waals surface area contributed by atoms with Gasteiger partial charge in [-0.2, -0.15) is 0 Å². The number of amides is 3. The topological polar surface area (TPSA) is 65.5 Å². The van der Waals surface area contributed by atoms with Crippen molar-refractivity contribution in [2.24, 2.45) is 0 Å². The average Bonchev–Trinajstić information content (AvgIpc) is 3.12. The first-order valence-electron chi connectivity index (χ1n) is 9.12. The largest absolute Gasteiger partial charge is 0.334 e. The first-order chi connectivity index (χ1) is 12.7. The van der Waals surface area contributed by atoms with Gasteiger partial charge in [-0.3, -0.25) is 4.79 Å². The third-order valence-electron chi connectivity index (χ3n) is 4.48. The molecule has 0 atom stereocenters. The lowest BCUT2D eigenvalue weighted by Crippen LogP contribution is -2.51. The molecule has 7 heteroatoms. The second-order valence-electron chi connectivity index (χ2n) is 7.86. The van der Waals surface area contributed by atoms with Gasteiger partial charge in [0, 0.05) is 37.3 Å². The van der Waals surface area contributed by atoms with Crippen molar-refractivity contribution in [3.05, 3.63) is 45.9 Å². The third-order valence-corrected chi connectivity index (χ3v) is 5.89. The highest BCUT2D eigenvalue weighted by atomic mass is 32.1. The second-order valence-corrected chi connectivity index (χ2v) is 8.89. The van der Waals surface area contributed by atoms with Crippen LogP contribution in [0.25, 0.3) is 0 Å². The van der Waals surface area contributed by atoms with Crippen molar-refractivity contribution in [3.63, 3.8) is 0 Å². The molecule has 0 aliphatic carbocycles. The molecule has 0 radical (unpaired) electrons. The molecule has 6 nitrogen and oxygen atoms in total. The van der Waals surface area contributed by atoms with Gasteiger partial charge in [0.15, 0.2) is 0 Å². The van der Waals surface area contributed by atoms with Gasteiger partial charge < -0.3 is 15.1 Å². The van der Waals surface area contributed by atoms with Crippen LogP contribution in [0.1, 0.15) is 41.0 Å². The highest BCUT2D eigenvalue weighted by molar-refractivity contribution is 7.13. The second kappa shape index (κ2) is 7.68. The zero-order valence-corrected chi connectivity index (χ0v) is 17.1. The molecule has 1 N–H and O–H groups in total. The number of urea groups is 1. The summed E-state index contributed by atoms with van der Waals surface area (Å²) in [6.07, 6.45) is 1.67. The highest BCUT2D eigenvalue weighted by Crippen LogP contribution is 2.27. The molecule has 0 spiro atoms. The van der Waals surface area contributed by atoms with Gasteiger partial charge in [0.25, 0.3) is 5.91 Å². The predicted molar refractivity (Wildman–Crippen MR) is 108 cm³/mol. The SMILES string of the molecule is Cc1cccc(NC(=O)N2CCN(C(=O)c3cnc(C(C)(C)C)s3)CC2)c1. The number of anilines is 1. The van der Waals surface area contributed by atoms with E-state index in [4.69, 9.17) is 0 Å². The maximum atomic E-state index is 12.7. The lowest BCUT2D eigenvalue weighted by atomic mass is 9.98. The van der Waals surface area contributed by atoms with Crippen molar-refractivity contribution in [2.45, 2.75) is 33.1 Å². The van der Waals surface area contributed by atoms with Crippen molar-refractivity contribution in [1.82, 2.24) is 14.8 Å². The first-order valence-corrected chi connectivity index (χ1v) is 9.94. The molecule has 3 rings (SSSR count). The van der Waals surface area contributed by atoms with E-state index in [1.165, 1.54) is 11.3 Å². The number of aromatic nitrogens is 1. The molecular formula is C20H26N4O2S. The van der Waals surface area contributed by atoms with Crippen molar-refractivity contribution in [1.29, 1.82) is 0 Å². The summed E-state index contributed by atoms with van der Waals surface area (Å²) in [5.41, 5.74) is 1.83. The number of aryl methyl sites for hydroxylation is 1. The Morgan fingerprint density at radius 1 is 1.11 bits per heavy atom. The molecule has 1 fully saturated rings. The number of carbonyl (C=O) groups is 2. The predicted octanol–water partition coefficient (Wildman–Crippen LogP) is 3.74. The molecular weight excluding hydrogens is 360 g/mol. The number of thiazole rings is 1. The Hall–Kier alpha value is -2.41. The molecule has 1 aliphatic rings. The van der Waals surface area contributed by atoms with E-state index < -0.39 is 0 Å². The van der Waals surface area contributed by atoms with Crippen LogP contribution in [0.3, 0.4) is 0 Å². The number of nitrogens with one attached hydrogen (secondary N) is 1. The van der Waals surface area contributed by atoms with Crippen LogP contribution in [0.15, 0.2) is 30.5 Å². The Bertz CT molecular complexity index is 833. The van der Waals surface area contributed by atoms with Crippen molar-refractivity contribution in [2.75, 3.05) is 31.5 Å². The van der Waals surface area contributed by atoms with E-state index >= 15 is 0 Å². The van der Waals surface area contributed by atoms with Crippen molar-refractivity contribution >= 4 is 29.0 Å². The summed E-state index contributed by atoms with van der Waals surface area (Å²) in [5, 5.41) is 3.88. The van der Waals surface area contributed by atoms with Gasteiger partial charge in [-0.1, -0.05) is 32.9 Å². The van der Waals surface area contributed by atoms with Crippen LogP contribution in [0.5, 0.6) is 0 Å². The Balaban J connectivity index is 1.56. The normalized spacial score (nSPS) is 15.0. The summed E-state index contributed by atoms with van der Waals surface area (Å²) in [4.78, 5) is 33.8. The van der Waals surface area contributed by atoms with E-state index in [2.05, 4.69) is 31.1 Å². The average molecular weight is 387 g/mol. The van der Waals surface area contributed by atoms with Gasteiger partial charge in [0.05, 0.1) is 11.2 Å². The number of piperazine rings is 1. The lowest BCUT2D eigenvalue weighted by Gasteiger charge is -2.34. The summed E-state index contributed by atoms with van der Waals surface area (Å²) < 4.78 is 0. The zero-order chi connectivity index (χ0) is 19.6. The monoisotopic (exact) mass is 386 g/mol. The van der Waals surface area contributed by atoms with E-state index in [-0.39, 0.29) is 17.4 Å². The minimum Gasteiger partial charge on any atom is -0.334 e. The molecule has 2 aromatic rings. The summed E-state index contributed by atoms with van der Waals surface area (Å²) in [6, 6.07) is 7.60. The van der Waals surface area contributed by atoms with E-state index in [0.717, 1.165) is 16.3 Å². The van der Waals surface area contributed by atoms with Gasteiger partial charge in [-0.05, 0) is 24.6 Å². The smallest absolute Gasteiger partial charge is 0.321 e. The molecule has 0 bridgehead atoms. The van der Waals surface area contributed by atoms with E-state index in [1.54, 1.807) is 16.0 Å². The van der Waals surface area contributed by atoms with Crippen LogP contribution in [-0.4, -0.2) is 52.9 Å². The Kier molecular flexibility index (Phi) is 5.51. The van der Waals surface area contributed by atoms with Crippen LogP contribution in [0, 0.1) is 6.92 Å². The molecule has 3 amide bonds. The fourth-order valence-electron chi connectivity index (χ4n) is 2.91. The number of rotatable bonds is 2. The number of nitrogens with zero attached hydrogens (tertiary/aromatic N) is 3. The molecule has 144 valence electrons. The summed E-state index contributed by atoms with van der Waals surface area (Å²) in [5.74, 6) is 0.00161. The zero-order valence-electron chi connectivity index (χ0n) is 16.3. The maximum Gasteiger partial charge on any atom is 0.321 e. The van der Waals surface area contributed by atoms with Gasteiger partial charge in [-0.25, -0.2) is 9.78 Å². The number of carbonyl (C=O) groups excluding carboxylic acids is 2. The van der Waals surface area contributed by atoms with Crippen LogP contribution in [0.4, 0.5) is 10.5 Å². The van der Waals surface area contributed by atoms with Gasteiger partial charge in [-0.15, -0.1) is 11.3 Å². The van der Waals surface area contributed by atoms with Crippen LogP contribution in [0.2, 0.25) is 0 Å². The highest BCUT2D eigenvalue weighted by Gasteiger charge is 2.27. The molecule has 27 heavy (non-hydrogen) atoms. The molecule has 0 saturated carbocycles. The van der Waals surface area contributed by atoms with Gasteiger partial charge in [0.2, 0.25) is 0 Å². The third kappa shape index (κ3) is 4.66. The molecule has 1 aliphatic heterocycles. The van der Waals surface area contributed by atoms with Crippen LogP contribution in [-0.2, 0) is 5.41 Å². The molecule has 1 saturated heterocycles. The van der Waals surface area contributed by atoms with Crippen molar-refractivity contribution < 1.29 is 9.59 Å². The molecule has 1 aromatic heterocycles. The minimum absolute atomic E-state index is 0.00161. The number of benzene rings is 1. The number of hydrogen-bond donors (Lipinski definition) is 1. The van der Waals surface area contributed by atoms with Gasteiger partial charge in [0.1, 0.15) is 4.88 Å². The van der Waals surface area contributed by atoms with E-state index in [0.29, 0.717) is 31.1 Å². The maximum absolute atomic E-state index is 12.7. The Morgan fingerprint density at radius 3 is 2.37 bits per heavy atom. The lowest BCUT2D eigenvalue weighted by molar-refractivity contribution is 0.0676. The van der Waals surface area contributed by atoms with E-state index in [1.807, 2.05) is 31.2 Å². The van der Waals surface area contributed by atoms with Gasteiger partial charge >= 0.3 is 6.03 Å². The summed E-state index contributed by atoms with van der Waals surface area (Å²) in [6.45, 7) is 10.4. The Morgan fingerprint density at radius 2 is 1.78 bits per heavy atom. The molecule has 0 unspecified atom stereocenters. The fourth-order valence-corrected chi connectivity index (χ4v) is 3.86. The fraction of sp³-hybridized carbons (Fsp3) is 0.450. The van der Waals surface area contributed by atoms with Crippen molar-refractivity contribution in [3.8, 4) is 0 Å². The summed E-state index contributed by atoms with van der Waals surface area (Å²) in [7, 11) is 0.